The van der Waals surface area contributed by atoms with Gasteiger partial charge < -0.3 is 5.32 Å². The number of nitrogens with one attached hydrogen (secondary N) is 1. The predicted molar refractivity (Wildman–Crippen MR) is 72.7 cm³/mol. The number of imidazole rings is 1. The number of aromatic nitrogens is 7. The molecule has 0 aliphatic heterocycles. The summed E-state index contributed by atoms with van der Waals surface area (Å²) in [6.45, 7) is 0. The van der Waals surface area contributed by atoms with E-state index in [0.29, 0.717) is 17.1 Å². The Hall–Kier alpha value is -2.55. The largest absolute Gasteiger partial charge is 0.357 e. The molecule has 0 spiro atoms. The highest BCUT2D eigenvalue weighted by Crippen LogP contribution is 2.22. The van der Waals surface area contributed by atoms with Crippen molar-refractivity contribution in [2.75, 3.05) is 12.4 Å². The Morgan fingerprint density at radius 3 is 2.75 bits per heavy atom. The molecular formula is C11H10N8S. The molecular weight excluding hydrogens is 276 g/mol. The molecule has 0 aromatic carbocycles. The standard InChI is InChI=1S/C11H10N8S/c1-12-9-16-10(19-5-4-14-7-19)18-11(17-9)20-8-6-13-2-3-15-8/h2-7H,1H3,(H,12,16,17,18). The van der Waals surface area contributed by atoms with Gasteiger partial charge >= 0.3 is 0 Å². The summed E-state index contributed by atoms with van der Waals surface area (Å²) in [5.74, 6) is 0.975. The van der Waals surface area contributed by atoms with Gasteiger partial charge in [-0.3, -0.25) is 9.55 Å². The smallest absolute Gasteiger partial charge is 0.240 e. The Bertz CT molecular complexity index is 685. The molecule has 8 nitrogen and oxygen atoms in total. The van der Waals surface area contributed by atoms with E-state index in [0.717, 1.165) is 5.03 Å². The summed E-state index contributed by atoms with van der Waals surface area (Å²) in [5.41, 5.74) is 0. The van der Waals surface area contributed by atoms with E-state index in [2.05, 4.69) is 35.2 Å². The zero-order valence-corrected chi connectivity index (χ0v) is 11.3. The van der Waals surface area contributed by atoms with E-state index < -0.39 is 0 Å². The number of nitrogens with zero attached hydrogens (tertiary/aromatic N) is 7. The zero-order valence-electron chi connectivity index (χ0n) is 10.5. The van der Waals surface area contributed by atoms with Crippen molar-refractivity contribution >= 4 is 17.7 Å². The fourth-order valence-electron chi connectivity index (χ4n) is 1.43. The lowest BCUT2D eigenvalue weighted by atomic mass is 10.8. The molecule has 20 heavy (non-hydrogen) atoms. The Balaban J connectivity index is 1.96. The van der Waals surface area contributed by atoms with Crippen molar-refractivity contribution in [2.24, 2.45) is 0 Å². The molecule has 0 radical (unpaired) electrons. The monoisotopic (exact) mass is 286 g/mol. The molecule has 3 heterocycles. The van der Waals surface area contributed by atoms with Gasteiger partial charge in [0.25, 0.3) is 0 Å². The highest BCUT2D eigenvalue weighted by atomic mass is 32.2. The van der Waals surface area contributed by atoms with Gasteiger partial charge in [0.1, 0.15) is 11.4 Å². The van der Waals surface area contributed by atoms with Gasteiger partial charge in [0, 0.05) is 31.8 Å². The van der Waals surface area contributed by atoms with Crippen molar-refractivity contribution < 1.29 is 0 Å². The van der Waals surface area contributed by atoms with Crippen LogP contribution in [0.1, 0.15) is 0 Å². The van der Waals surface area contributed by atoms with Gasteiger partial charge in [0.05, 0.1) is 6.20 Å². The van der Waals surface area contributed by atoms with Crippen LogP contribution in [0.15, 0.2) is 47.5 Å². The maximum atomic E-state index is 4.38. The van der Waals surface area contributed by atoms with E-state index in [1.165, 1.54) is 11.8 Å². The molecule has 0 saturated heterocycles. The maximum absolute atomic E-state index is 4.38. The van der Waals surface area contributed by atoms with Crippen molar-refractivity contribution in [3.05, 3.63) is 37.3 Å². The molecule has 0 aliphatic carbocycles. The second-order valence-electron chi connectivity index (χ2n) is 3.61. The van der Waals surface area contributed by atoms with Gasteiger partial charge in [-0.15, -0.1) is 0 Å². The van der Waals surface area contributed by atoms with Crippen LogP contribution in [0, 0.1) is 0 Å². The lowest BCUT2D eigenvalue weighted by Crippen LogP contribution is -2.06. The maximum Gasteiger partial charge on any atom is 0.240 e. The first-order chi connectivity index (χ1) is 9.85. The van der Waals surface area contributed by atoms with E-state index in [-0.39, 0.29) is 0 Å². The third kappa shape index (κ3) is 2.72. The minimum atomic E-state index is 0.482. The van der Waals surface area contributed by atoms with E-state index in [1.807, 2.05) is 0 Å². The second kappa shape index (κ2) is 5.61. The first kappa shape index (κ1) is 12.5. The van der Waals surface area contributed by atoms with E-state index >= 15 is 0 Å². The van der Waals surface area contributed by atoms with Gasteiger partial charge in [-0.05, 0) is 11.8 Å². The van der Waals surface area contributed by atoms with Crippen LogP contribution in [0.4, 0.5) is 5.95 Å². The number of hydrogen-bond acceptors (Lipinski definition) is 8. The summed E-state index contributed by atoms with van der Waals surface area (Å²) in [4.78, 5) is 25.1. The topological polar surface area (TPSA) is 94.3 Å². The molecule has 3 aromatic heterocycles. The third-order valence-electron chi connectivity index (χ3n) is 2.30. The van der Waals surface area contributed by atoms with E-state index in [9.17, 15) is 0 Å². The number of hydrogen-bond donors (Lipinski definition) is 1. The molecule has 3 aromatic rings. The first-order valence-corrected chi connectivity index (χ1v) is 6.53. The van der Waals surface area contributed by atoms with Gasteiger partial charge in [-0.25, -0.2) is 9.97 Å². The van der Waals surface area contributed by atoms with Crippen LogP contribution < -0.4 is 5.32 Å². The minimum absolute atomic E-state index is 0.482. The summed E-state index contributed by atoms with van der Waals surface area (Å²) in [7, 11) is 1.75. The molecule has 0 fully saturated rings. The average molecular weight is 286 g/mol. The predicted octanol–water partition coefficient (Wildman–Crippen LogP) is 1.04. The lowest BCUT2D eigenvalue weighted by molar-refractivity contribution is 0.826. The molecule has 0 bridgehead atoms. The molecule has 0 saturated carbocycles. The normalized spacial score (nSPS) is 10.4. The van der Waals surface area contributed by atoms with Crippen LogP contribution in [0.2, 0.25) is 0 Å². The SMILES string of the molecule is CNc1nc(Sc2cnccn2)nc(-n2ccnc2)n1. The van der Waals surface area contributed by atoms with Gasteiger partial charge in [0.2, 0.25) is 17.1 Å². The van der Waals surface area contributed by atoms with Crippen molar-refractivity contribution in [2.45, 2.75) is 10.2 Å². The molecule has 3 rings (SSSR count). The molecule has 100 valence electrons. The Morgan fingerprint density at radius 2 is 2.05 bits per heavy atom. The summed E-state index contributed by atoms with van der Waals surface area (Å²) in [6, 6.07) is 0. The van der Waals surface area contributed by atoms with Crippen molar-refractivity contribution in [3.63, 3.8) is 0 Å². The molecule has 0 amide bonds. The minimum Gasteiger partial charge on any atom is -0.357 e. The van der Waals surface area contributed by atoms with E-state index in [1.54, 1.807) is 48.9 Å². The molecule has 0 atom stereocenters. The van der Waals surface area contributed by atoms with Crippen molar-refractivity contribution in [3.8, 4) is 5.95 Å². The van der Waals surface area contributed by atoms with Crippen molar-refractivity contribution in [1.82, 2.24) is 34.5 Å². The summed E-state index contributed by atoms with van der Waals surface area (Å²) < 4.78 is 1.71. The highest BCUT2D eigenvalue weighted by Gasteiger charge is 2.09. The summed E-state index contributed by atoms with van der Waals surface area (Å²) >= 11 is 1.32. The molecule has 0 unspecified atom stereocenters. The third-order valence-corrected chi connectivity index (χ3v) is 3.08. The lowest BCUT2D eigenvalue weighted by Gasteiger charge is -2.06. The number of anilines is 1. The van der Waals surface area contributed by atoms with Crippen LogP contribution in [0.25, 0.3) is 5.95 Å². The first-order valence-electron chi connectivity index (χ1n) is 5.71. The highest BCUT2D eigenvalue weighted by molar-refractivity contribution is 7.99. The summed E-state index contributed by atoms with van der Waals surface area (Å²) in [5, 5.41) is 4.17. The van der Waals surface area contributed by atoms with Crippen LogP contribution >= 0.6 is 11.8 Å². The molecule has 0 aliphatic rings. The Kier molecular flexibility index (Phi) is 3.50. The fourth-order valence-corrected chi connectivity index (χ4v) is 2.10. The Morgan fingerprint density at radius 1 is 1.10 bits per heavy atom. The van der Waals surface area contributed by atoms with Gasteiger partial charge in [-0.2, -0.15) is 15.0 Å². The quantitative estimate of drug-likeness (QED) is 0.760. The average Bonchev–Trinajstić information content (AvgIpc) is 3.02. The second-order valence-corrected chi connectivity index (χ2v) is 4.59. The van der Waals surface area contributed by atoms with E-state index in [4.69, 9.17) is 0 Å². The Labute approximate surface area is 118 Å². The summed E-state index contributed by atoms with van der Waals surface area (Å²) in [6.07, 6.45) is 9.96. The fraction of sp³-hybridized carbons (Fsp3) is 0.0909. The molecule has 1 N–H and O–H groups in total. The van der Waals surface area contributed by atoms with Crippen molar-refractivity contribution in [1.29, 1.82) is 0 Å². The number of rotatable bonds is 4. The zero-order chi connectivity index (χ0) is 13.8. The van der Waals surface area contributed by atoms with Crippen LogP contribution in [0.5, 0.6) is 0 Å². The molecule has 9 heteroatoms. The van der Waals surface area contributed by atoms with Crippen LogP contribution in [-0.2, 0) is 0 Å². The van der Waals surface area contributed by atoms with Crippen LogP contribution in [-0.4, -0.2) is 41.5 Å². The van der Waals surface area contributed by atoms with Crippen LogP contribution in [0.3, 0.4) is 0 Å². The van der Waals surface area contributed by atoms with Gasteiger partial charge in [0.15, 0.2) is 0 Å². The van der Waals surface area contributed by atoms with Gasteiger partial charge in [-0.1, -0.05) is 0 Å².